The number of amides is 2. The lowest BCUT2D eigenvalue weighted by molar-refractivity contribution is -0.126. The van der Waals surface area contributed by atoms with E-state index in [1.807, 2.05) is 36.1 Å². The van der Waals surface area contributed by atoms with Gasteiger partial charge >= 0.3 is 15.7 Å². The van der Waals surface area contributed by atoms with Gasteiger partial charge in [-0.05, 0) is 38.9 Å². The summed E-state index contributed by atoms with van der Waals surface area (Å²) in [6.45, 7) is 2.42. The monoisotopic (exact) mass is 412 g/mol. The van der Waals surface area contributed by atoms with Gasteiger partial charge in [-0.2, -0.15) is 12.8 Å². The lowest BCUT2D eigenvalue weighted by Gasteiger charge is -2.40. The highest BCUT2D eigenvalue weighted by molar-refractivity contribution is 8.11. The summed E-state index contributed by atoms with van der Waals surface area (Å²) in [5.41, 5.74) is 2.21. The van der Waals surface area contributed by atoms with Gasteiger partial charge in [0.15, 0.2) is 0 Å². The van der Waals surface area contributed by atoms with E-state index < -0.39 is 27.7 Å². The molecule has 0 saturated carbocycles. The fourth-order valence-electron chi connectivity index (χ4n) is 3.25. The van der Waals surface area contributed by atoms with E-state index in [2.05, 4.69) is 14.4 Å². The molecule has 27 heavy (non-hydrogen) atoms. The maximum absolute atomic E-state index is 12.7. The summed E-state index contributed by atoms with van der Waals surface area (Å²) in [7, 11) is -1.05. The van der Waals surface area contributed by atoms with Gasteiger partial charge in [0.2, 0.25) is 5.91 Å². The van der Waals surface area contributed by atoms with E-state index in [0.29, 0.717) is 6.54 Å². The van der Waals surface area contributed by atoms with Gasteiger partial charge in [0.25, 0.3) is 0 Å². The molecule has 1 aromatic rings. The van der Waals surface area contributed by atoms with Crippen LogP contribution in [0.4, 0.5) is 4.79 Å². The number of hydrogen-bond acceptors (Lipinski definition) is 8. The van der Waals surface area contributed by atoms with Gasteiger partial charge in [-0.3, -0.25) is 24.5 Å². The minimum atomic E-state index is -2.62. The first-order chi connectivity index (χ1) is 12.9. The van der Waals surface area contributed by atoms with E-state index in [4.69, 9.17) is 0 Å². The fourth-order valence-corrected chi connectivity index (χ4v) is 3.85. The first kappa shape index (κ1) is 21.5. The Kier molecular flexibility index (Phi) is 8.42. The van der Waals surface area contributed by atoms with E-state index in [0.717, 1.165) is 42.3 Å². The van der Waals surface area contributed by atoms with Crippen LogP contribution in [0.15, 0.2) is 28.6 Å². The predicted octanol–water partition coefficient (Wildman–Crippen LogP) is 2.06. The molecule has 0 radical (unpaired) electrons. The molecule has 148 valence electrons. The third-order valence-corrected chi connectivity index (χ3v) is 5.33. The summed E-state index contributed by atoms with van der Waals surface area (Å²) in [6.07, 6.45) is 2.76. The van der Waals surface area contributed by atoms with Gasteiger partial charge in [0, 0.05) is 18.0 Å². The predicted molar refractivity (Wildman–Crippen MR) is 105 cm³/mol. The summed E-state index contributed by atoms with van der Waals surface area (Å²) in [5, 5.41) is 1.76. The standard InChI is InChI=1S/C17H24N4O4S2/c1-12-6-8-13(9-7-12)14-5-3-4-10-21(14)15(11-19-27(24)25)16(22)20-17(23)26-18-2/h6-9,14-15,18H,3-5,10-11H2,1-2H3,(H,20,22,23). The zero-order valence-electron chi connectivity index (χ0n) is 15.3. The molecule has 2 unspecified atom stereocenters. The van der Waals surface area contributed by atoms with Crippen LogP contribution in [0.25, 0.3) is 0 Å². The molecular weight excluding hydrogens is 388 g/mol. The SMILES string of the molecule is CNSC(=O)NC(=O)C(CN=S(=O)=O)N1CCCCC1c1ccc(C)cc1. The van der Waals surface area contributed by atoms with Gasteiger partial charge < -0.3 is 0 Å². The molecule has 1 aliphatic heterocycles. The van der Waals surface area contributed by atoms with Crippen molar-refractivity contribution in [3.8, 4) is 0 Å². The van der Waals surface area contributed by atoms with Gasteiger partial charge in [0.1, 0.15) is 6.04 Å². The maximum atomic E-state index is 12.7. The molecular formula is C17H24N4O4S2. The fraction of sp³-hybridized carbons (Fsp3) is 0.529. The molecule has 10 heteroatoms. The molecule has 2 amide bonds. The number of imide groups is 1. The van der Waals surface area contributed by atoms with Crippen LogP contribution in [0.5, 0.6) is 0 Å². The number of nitrogens with one attached hydrogen (secondary N) is 2. The molecule has 2 atom stereocenters. The third kappa shape index (κ3) is 6.42. The molecule has 8 nitrogen and oxygen atoms in total. The van der Waals surface area contributed by atoms with Crippen molar-refractivity contribution in [2.45, 2.75) is 38.3 Å². The number of aryl methyl sites for hydroxylation is 1. The van der Waals surface area contributed by atoms with E-state index in [1.165, 1.54) is 0 Å². The normalized spacial score (nSPS) is 18.5. The van der Waals surface area contributed by atoms with Crippen LogP contribution in [0.3, 0.4) is 0 Å². The maximum Gasteiger partial charge on any atom is 0.311 e. The average molecular weight is 413 g/mol. The Labute approximate surface area is 164 Å². The van der Waals surface area contributed by atoms with Crippen LogP contribution in [-0.4, -0.2) is 50.6 Å². The zero-order valence-corrected chi connectivity index (χ0v) is 17.0. The second kappa shape index (κ2) is 10.5. The molecule has 2 rings (SSSR count). The Bertz CT molecular complexity index is 788. The zero-order chi connectivity index (χ0) is 19.8. The molecule has 0 aliphatic carbocycles. The second-order valence-corrected chi connectivity index (χ2v) is 7.96. The molecule has 1 fully saturated rings. The lowest BCUT2D eigenvalue weighted by atomic mass is 9.93. The van der Waals surface area contributed by atoms with Crippen molar-refractivity contribution < 1.29 is 18.0 Å². The second-order valence-electron chi connectivity index (χ2n) is 6.29. The summed E-state index contributed by atoms with van der Waals surface area (Å²) >= 11 is 0.755. The van der Waals surface area contributed by atoms with Crippen LogP contribution >= 0.6 is 11.9 Å². The van der Waals surface area contributed by atoms with Crippen LogP contribution in [0.1, 0.15) is 36.4 Å². The van der Waals surface area contributed by atoms with Gasteiger partial charge in [-0.25, -0.2) is 0 Å². The molecule has 1 heterocycles. The van der Waals surface area contributed by atoms with Gasteiger partial charge in [-0.15, -0.1) is 0 Å². The van der Waals surface area contributed by atoms with Crippen LogP contribution in [0, 0.1) is 6.92 Å². The Morgan fingerprint density at radius 2 is 2.00 bits per heavy atom. The summed E-state index contributed by atoms with van der Waals surface area (Å²) in [4.78, 5) is 26.4. The van der Waals surface area contributed by atoms with Crippen LogP contribution < -0.4 is 10.0 Å². The van der Waals surface area contributed by atoms with Crippen LogP contribution in [-0.2, 0) is 15.3 Å². The Morgan fingerprint density at radius 3 is 2.63 bits per heavy atom. The number of piperidine rings is 1. The Hall–Kier alpha value is -1.75. The summed E-state index contributed by atoms with van der Waals surface area (Å²) < 4.78 is 27.9. The number of carbonyl (C=O) groups is 2. The minimum absolute atomic E-state index is 0.0301. The molecule has 2 N–H and O–H groups in total. The number of carbonyl (C=O) groups excluding carboxylic acids is 2. The van der Waals surface area contributed by atoms with Crippen LogP contribution in [0.2, 0.25) is 0 Å². The molecule has 0 spiro atoms. The number of rotatable bonds is 6. The van der Waals surface area contributed by atoms with Crippen molar-refractivity contribution >= 4 is 33.6 Å². The number of benzene rings is 1. The highest BCUT2D eigenvalue weighted by Gasteiger charge is 2.34. The van der Waals surface area contributed by atoms with Crippen molar-refractivity contribution in [1.82, 2.24) is 14.9 Å². The Balaban J connectivity index is 2.29. The Morgan fingerprint density at radius 1 is 1.30 bits per heavy atom. The van der Waals surface area contributed by atoms with E-state index in [1.54, 1.807) is 7.05 Å². The molecule has 1 aliphatic rings. The smallest absolute Gasteiger partial charge is 0.285 e. The highest BCUT2D eigenvalue weighted by atomic mass is 32.2. The quantitative estimate of drug-likeness (QED) is 0.689. The minimum Gasteiger partial charge on any atom is -0.285 e. The van der Waals surface area contributed by atoms with Gasteiger partial charge in [-0.1, -0.05) is 36.2 Å². The number of hydrogen-bond donors (Lipinski definition) is 2. The topological polar surface area (TPSA) is 108 Å². The first-order valence-electron chi connectivity index (χ1n) is 8.70. The van der Waals surface area contributed by atoms with Crippen molar-refractivity contribution in [3.05, 3.63) is 35.4 Å². The number of nitrogens with zero attached hydrogens (tertiary/aromatic N) is 2. The molecule has 1 aromatic carbocycles. The first-order valence-corrected chi connectivity index (χ1v) is 10.5. The van der Waals surface area contributed by atoms with Crippen molar-refractivity contribution in [2.75, 3.05) is 20.1 Å². The van der Waals surface area contributed by atoms with Crippen molar-refractivity contribution in [3.63, 3.8) is 0 Å². The van der Waals surface area contributed by atoms with Crippen molar-refractivity contribution in [1.29, 1.82) is 0 Å². The molecule has 0 aromatic heterocycles. The summed E-state index contributed by atoms with van der Waals surface area (Å²) in [5.74, 6) is -0.545. The highest BCUT2D eigenvalue weighted by Crippen LogP contribution is 2.33. The molecule has 1 saturated heterocycles. The van der Waals surface area contributed by atoms with E-state index >= 15 is 0 Å². The van der Waals surface area contributed by atoms with E-state index in [9.17, 15) is 18.0 Å². The largest absolute Gasteiger partial charge is 0.311 e. The van der Waals surface area contributed by atoms with Crippen molar-refractivity contribution in [2.24, 2.45) is 4.36 Å². The lowest BCUT2D eigenvalue weighted by Crippen LogP contribution is -2.52. The van der Waals surface area contributed by atoms with E-state index in [-0.39, 0.29) is 12.6 Å². The average Bonchev–Trinajstić information content (AvgIpc) is 2.63. The number of likely N-dealkylation sites (tertiary alicyclic amines) is 1. The summed E-state index contributed by atoms with van der Waals surface area (Å²) in [6, 6.07) is 7.22. The molecule has 0 bridgehead atoms. The third-order valence-electron chi connectivity index (χ3n) is 4.48. The van der Waals surface area contributed by atoms with Gasteiger partial charge in [0.05, 0.1) is 6.54 Å².